The van der Waals surface area contributed by atoms with Crippen molar-refractivity contribution in [3.8, 4) is 0 Å². The summed E-state index contributed by atoms with van der Waals surface area (Å²) in [6.07, 6.45) is 3.12. The van der Waals surface area contributed by atoms with Gasteiger partial charge in [0.2, 0.25) is 5.91 Å². The molecule has 0 bridgehead atoms. The summed E-state index contributed by atoms with van der Waals surface area (Å²) in [5.41, 5.74) is 7.03. The van der Waals surface area contributed by atoms with Gasteiger partial charge < -0.3 is 11.1 Å². The minimum Gasteiger partial charge on any atom is -0.382 e. The number of primary amides is 1. The molecular formula is C9H16N4O. The maximum absolute atomic E-state index is 10.5. The maximum Gasteiger partial charge on any atom is 0.219 e. The summed E-state index contributed by atoms with van der Waals surface area (Å²) in [6, 6.07) is 0. The third-order valence-corrected chi connectivity index (χ3v) is 1.93. The maximum atomic E-state index is 10.5. The quantitative estimate of drug-likeness (QED) is 0.710. The highest BCUT2D eigenvalue weighted by Crippen LogP contribution is 2.12. The van der Waals surface area contributed by atoms with Crippen molar-refractivity contribution < 1.29 is 4.79 Å². The highest BCUT2D eigenvalue weighted by atomic mass is 16.1. The average molecular weight is 196 g/mol. The van der Waals surface area contributed by atoms with Crippen LogP contribution in [0.2, 0.25) is 0 Å². The van der Waals surface area contributed by atoms with Gasteiger partial charge in [0.1, 0.15) is 0 Å². The molecule has 0 aromatic carbocycles. The Labute approximate surface area is 83.3 Å². The Morgan fingerprint density at radius 1 is 1.71 bits per heavy atom. The first kappa shape index (κ1) is 10.6. The van der Waals surface area contributed by atoms with Crippen LogP contribution in [0.5, 0.6) is 0 Å². The summed E-state index contributed by atoms with van der Waals surface area (Å²) in [4.78, 5) is 10.5. The Morgan fingerprint density at radius 2 is 2.43 bits per heavy atom. The van der Waals surface area contributed by atoms with Crippen LogP contribution >= 0.6 is 0 Å². The van der Waals surface area contributed by atoms with Crippen molar-refractivity contribution >= 4 is 11.6 Å². The van der Waals surface area contributed by atoms with Gasteiger partial charge >= 0.3 is 0 Å². The van der Waals surface area contributed by atoms with Crippen LogP contribution in [0.25, 0.3) is 0 Å². The van der Waals surface area contributed by atoms with Crippen LogP contribution in [-0.2, 0) is 18.3 Å². The molecule has 0 aliphatic heterocycles. The fourth-order valence-electron chi connectivity index (χ4n) is 1.26. The fraction of sp³-hybridized carbons (Fsp3) is 0.556. The van der Waals surface area contributed by atoms with Crippen LogP contribution in [0.1, 0.15) is 19.0 Å². The van der Waals surface area contributed by atoms with E-state index in [1.807, 2.05) is 20.2 Å². The van der Waals surface area contributed by atoms with Gasteiger partial charge in [-0.2, -0.15) is 5.10 Å². The molecule has 0 aliphatic rings. The molecule has 0 atom stereocenters. The molecule has 5 nitrogen and oxygen atoms in total. The van der Waals surface area contributed by atoms with Gasteiger partial charge in [0.15, 0.2) is 0 Å². The van der Waals surface area contributed by atoms with E-state index in [0.29, 0.717) is 13.0 Å². The molecule has 1 aromatic rings. The summed E-state index contributed by atoms with van der Waals surface area (Å²) < 4.78 is 1.76. The van der Waals surface area contributed by atoms with Gasteiger partial charge in [-0.3, -0.25) is 9.48 Å². The first-order valence-corrected chi connectivity index (χ1v) is 4.68. The molecule has 1 rings (SSSR count). The molecule has 14 heavy (non-hydrogen) atoms. The molecule has 1 heterocycles. The van der Waals surface area contributed by atoms with Crippen LogP contribution in [0.15, 0.2) is 6.20 Å². The third-order valence-electron chi connectivity index (χ3n) is 1.93. The van der Waals surface area contributed by atoms with Crippen molar-refractivity contribution in [3.63, 3.8) is 0 Å². The monoisotopic (exact) mass is 196 g/mol. The van der Waals surface area contributed by atoms with Crippen LogP contribution in [0.3, 0.4) is 0 Å². The smallest absolute Gasteiger partial charge is 0.219 e. The van der Waals surface area contributed by atoms with Crippen LogP contribution in [-0.4, -0.2) is 22.2 Å². The number of aromatic nitrogens is 2. The van der Waals surface area contributed by atoms with Gasteiger partial charge in [0, 0.05) is 26.2 Å². The van der Waals surface area contributed by atoms with Crippen molar-refractivity contribution in [1.82, 2.24) is 9.78 Å². The highest BCUT2D eigenvalue weighted by molar-refractivity contribution is 5.74. The number of carbonyl (C=O) groups excluding carboxylic acids is 1. The van der Waals surface area contributed by atoms with E-state index < -0.39 is 0 Å². The van der Waals surface area contributed by atoms with E-state index >= 15 is 0 Å². The van der Waals surface area contributed by atoms with Crippen molar-refractivity contribution in [1.29, 1.82) is 0 Å². The van der Waals surface area contributed by atoms with E-state index in [1.54, 1.807) is 4.68 Å². The van der Waals surface area contributed by atoms with Crippen molar-refractivity contribution in [2.24, 2.45) is 12.8 Å². The molecule has 3 N–H and O–H groups in total. The van der Waals surface area contributed by atoms with Crippen LogP contribution in [0, 0.1) is 0 Å². The van der Waals surface area contributed by atoms with E-state index in [0.717, 1.165) is 17.8 Å². The van der Waals surface area contributed by atoms with Crippen molar-refractivity contribution in [2.75, 3.05) is 11.9 Å². The van der Waals surface area contributed by atoms with Crippen molar-refractivity contribution in [2.45, 2.75) is 19.8 Å². The van der Waals surface area contributed by atoms with Crippen LogP contribution < -0.4 is 11.1 Å². The van der Waals surface area contributed by atoms with E-state index in [9.17, 15) is 4.79 Å². The van der Waals surface area contributed by atoms with Gasteiger partial charge in [-0.25, -0.2) is 0 Å². The van der Waals surface area contributed by atoms with Gasteiger partial charge in [0.05, 0.1) is 11.4 Å². The topological polar surface area (TPSA) is 72.9 Å². The summed E-state index contributed by atoms with van der Waals surface area (Å²) in [5.74, 6) is -0.292. The molecular weight excluding hydrogens is 180 g/mol. The molecule has 0 radical (unpaired) electrons. The summed E-state index contributed by atoms with van der Waals surface area (Å²) in [5, 5.41) is 7.40. The SMILES string of the molecule is CCc1nn(C)cc1NCCC(N)=O. The van der Waals surface area contributed by atoms with Crippen molar-refractivity contribution in [3.05, 3.63) is 11.9 Å². The molecule has 0 saturated carbocycles. The number of amides is 1. The lowest BCUT2D eigenvalue weighted by molar-refractivity contribution is -0.117. The average Bonchev–Trinajstić information content (AvgIpc) is 2.45. The molecule has 0 aliphatic carbocycles. The molecule has 1 aromatic heterocycles. The van der Waals surface area contributed by atoms with Crippen LogP contribution in [0.4, 0.5) is 5.69 Å². The van der Waals surface area contributed by atoms with E-state index in [2.05, 4.69) is 10.4 Å². The molecule has 0 spiro atoms. The second-order valence-corrected chi connectivity index (χ2v) is 3.16. The largest absolute Gasteiger partial charge is 0.382 e. The zero-order chi connectivity index (χ0) is 10.6. The van der Waals surface area contributed by atoms with E-state index in [1.165, 1.54) is 0 Å². The predicted molar refractivity (Wildman–Crippen MR) is 54.9 cm³/mol. The normalized spacial score (nSPS) is 10.1. The molecule has 0 saturated heterocycles. The molecule has 78 valence electrons. The van der Waals surface area contributed by atoms with Gasteiger partial charge in [-0.15, -0.1) is 0 Å². The number of nitrogens with zero attached hydrogens (tertiary/aromatic N) is 2. The lowest BCUT2D eigenvalue weighted by Crippen LogP contribution is -2.16. The molecule has 0 fully saturated rings. The number of aryl methyl sites for hydroxylation is 2. The standard InChI is InChI=1S/C9H16N4O/c1-3-7-8(6-13(2)12-7)11-5-4-9(10)14/h6,11H,3-5H2,1-2H3,(H2,10,14). The Hall–Kier alpha value is -1.52. The first-order valence-electron chi connectivity index (χ1n) is 4.68. The summed E-state index contributed by atoms with van der Waals surface area (Å²) in [6.45, 7) is 2.61. The zero-order valence-corrected chi connectivity index (χ0v) is 8.58. The van der Waals surface area contributed by atoms with Gasteiger partial charge in [0.25, 0.3) is 0 Å². The second kappa shape index (κ2) is 4.64. The molecule has 1 amide bonds. The predicted octanol–water partition coefficient (Wildman–Crippen LogP) is 0.270. The number of anilines is 1. The lowest BCUT2D eigenvalue weighted by atomic mass is 10.3. The number of hydrogen-bond donors (Lipinski definition) is 2. The summed E-state index contributed by atoms with van der Waals surface area (Å²) >= 11 is 0. The van der Waals surface area contributed by atoms with Gasteiger partial charge in [-0.1, -0.05) is 6.92 Å². The number of nitrogens with two attached hydrogens (primary N) is 1. The minimum absolute atomic E-state index is 0.292. The first-order chi connectivity index (χ1) is 6.63. The highest BCUT2D eigenvalue weighted by Gasteiger charge is 2.04. The lowest BCUT2D eigenvalue weighted by Gasteiger charge is -2.02. The van der Waals surface area contributed by atoms with Gasteiger partial charge in [-0.05, 0) is 6.42 Å². The Morgan fingerprint density at radius 3 is 3.00 bits per heavy atom. The minimum atomic E-state index is -0.292. The molecule has 0 unspecified atom stereocenters. The molecule has 5 heteroatoms. The number of carbonyl (C=O) groups is 1. The Kier molecular flexibility index (Phi) is 3.50. The fourth-order valence-corrected chi connectivity index (χ4v) is 1.26. The van der Waals surface area contributed by atoms with E-state index in [4.69, 9.17) is 5.73 Å². The Balaban J connectivity index is 2.52. The third kappa shape index (κ3) is 2.76. The summed E-state index contributed by atoms with van der Waals surface area (Å²) in [7, 11) is 1.87. The zero-order valence-electron chi connectivity index (χ0n) is 8.58. The number of nitrogens with one attached hydrogen (secondary N) is 1. The Bertz CT molecular complexity index is 319. The number of hydrogen-bond acceptors (Lipinski definition) is 3. The van der Waals surface area contributed by atoms with E-state index in [-0.39, 0.29) is 5.91 Å². The second-order valence-electron chi connectivity index (χ2n) is 3.16. The number of rotatable bonds is 5.